The van der Waals surface area contributed by atoms with Crippen molar-refractivity contribution in [3.05, 3.63) is 0 Å². The Labute approximate surface area is 132 Å². The average molecular weight is 312 g/mol. The van der Waals surface area contributed by atoms with Gasteiger partial charge in [0, 0.05) is 25.9 Å². The lowest BCUT2D eigenvalue weighted by molar-refractivity contribution is -0.119. The molecule has 0 aliphatic heterocycles. The molecule has 0 aromatic rings. The Bertz CT molecular complexity index is 395. The van der Waals surface area contributed by atoms with Gasteiger partial charge in [0.1, 0.15) is 11.4 Å². The van der Waals surface area contributed by atoms with Crippen LogP contribution < -0.4 is 0 Å². The molecular weight excluding hydrogens is 284 g/mol. The fraction of sp³-hybridized carbons (Fsp3) is 0.812. The van der Waals surface area contributed by atoms with E-state index in [-0.39, 0.29) is 25.4 Å². The summed E-state index contributed by atoms with van der Waals surface area (Å²) in [6.45, 7) is 8.11. The minimum Gasteiger partial charge on any atom is -0.444 e. The van der Waals surface area contributed by atoms with Crippen molar-refractivity contribution in [1.82, 2.24) is 4.90 Å². The standard InChI is InChI=1S/C16H28N2O4/c1-5-6-7-8-14(20)9-11-18(12-10-17-13-19)15(21)22-16(2,3)4/h5-12H2,1-4H3. The topological polar surface area (TPSA) is 76.0 Å². The molecule has 0 atom stereocenters. The van der Waals surface area contributed by atoms with Crippen LogP contribution in [0.2, 0.25) is 0 Å². The Hall–Kier alpha value is -1.68. The second-order valence-corrected chi connectivity index (χ2v) is 6.19. The molecule has 0 heterocycles. The van der Waals surface area contributed by atoms with Crippen LogP contribution in [0.5, 0.6) is 0 Å². The minimum absolute atomic E-state index is 0.140. The van der Waals surface area contributed by atoms with Crippen molar-refractivity contribution in [2.45, 2.75) is 65.4 Å². The highest BCUT2D eigenvalue weighted by molar-refractivity contribution is 5.79. The number of isocyanates is 1. The highest BCUT2D eigenvalue weighted by Gasteiger charge is 2.22. The summed E-state index contributed by atoms with van der Waals surface area (Å²) in [5.41, 5.74) is -0.603. The molecule has 22 heavy (non-hydrogen) atoms. The predicted octanol–water partition coefficient (Wildman–Crippen LogP) is 3.10. The molecule has 0 aromatic carbocycles. The number of hydrogen-bond donors (Lipinski definition) is 0. The van der Waals surface area contributed by atoms with Gasteiger partial charge in [0.25, 0.3) is 0 Å². The Balaban J connectivity index is 4.42. The van der Waals surface area contributed by atoms with Crippen molar-refractivity contribution in [1.29, 1.82) is 0 Å². The molecule has 0 aliphatic rings. The summed E-state index contributed by atoms with van der Waals surface area (Å²) in [4.78, 5) is 38.8. The van der Waals surface area contributed by atoms with E-state index in [1.54, 1.807) is 20.8 Å². The number of rotatable bonds is 10. The maximum atomic E-state index is 12.1. The zero-order valence-corrected chi connectivity index (χ0v) is 14.2. The molecule has 0 bridgehead atoms. The van der Waals surface area contributed by atoms with Gasteiger partial charge in [-0.2, -0.15) is 0 Å². The summed E-state index contributed by atoms with van der Waals surface area (Å²) in [5.74, 6) is 0.140. The third kappa shape index (κ3) is 11.0. The molecule has 0 saturated carbocycles. The van der Waals surface area contributed by atoms with Crippen LogP contribution in [0.4, 0.5) is 4.79 Å². The molecule has 0 spiro atoms. The Morgan fingerprint density at radius 2 is 1.82 bits per heavy atom. The van der Waals surface area contributed by atoms with Crippen molar-refractivity contribution >= 4 is 18.0 Å². The van der Waals surface area contributed by atoms with Crippen molar-refractivity contribution in [3.63, 3.8) is 0 Å². The minimum atomic E-state index is -0.603. The lowest BCUT2D eigenvalue weighted by Gasteiger charge is -2.26. The molecule has 0 unspecified atom stereocenters. The summed E-state index contributed by atoms with van der Waals surface area (Å²) in [6, 6.07) is 0. The molecule has 6 nitrogen and oxygen atoms in total. The number of ether oxygens (including phenoxy) is 1. The molecule has 0 fully saturated rings. The maximum absolute atomic E-state index is 12.1. The number of unbranched alkanes of at least 4 members (excludes halogenated alkanes) is 2. The van der Waals surface area contributed by atoms with Crippen LogP contribution in [0.3, 0.4) is 0 Å². The van der Waals surface area contributed by atoms with Crippen LogP contribution in [0.15, 0.2) is 4.99 Å². The van der Waals surface area contributed by atoms with Crippen LogP contribution in [0.1, 0.15) is 59.8 Å². The molecule has 0 aliphatic carbocycles. The van der Waals surface area contributed by atoms with Crippen LogP contribution in [-0.2, 0) is 14.3 Å². The zero-order valence-electron chi connectivity index (χ0n) is 14.2. The van der Waals surface area contributed by atoms with Crippen molar-refractivity contribution < 1.29 is 19.1 Å². The fourth-order valence-electron chi connectivity index (χ4n) is 1.79. The first kappa shape index (κ1) is 20.3. The fourth-order valence-corrected chi connectivity index (χ4v) is 1.79. The molecule has 126 valence electrons. The number of carbonyl (C=O) groups excluding carboxylic acids is 3. The Morgan fingerprint density at radius 3 is 2.36 bits per heavy atom. The van der Waals surface area contributed by atoms with Gasteiger partial charge in [-0.1, -0.05) is 19.8 Å². The van der Waals surface area contributed by atoms with Crippen LogP contribution in [0.25, 0.3) is 0 Å². The zero-order chi connectivity index (χ0) is 17.0. The summed E-state index contributed by atoms with van der Waals surface area (Å²) in [5, 5.41) is 0. The van der Waals surface area contributed by atoms with E-state index in [4.69, 9.17) is 4.74 Å². The Morgan fingerprint density at radius 1 is 1.14 bits per heavy atom. The SMILES string of the molecule is CCCCCC(=O)CCN(CCN=C=O)C(=O)OC(C)(C)C. The van der Waals surface area contributed by atoms with Gasteiger partial charge >= 0.3 is 6.09 Å². The van der Waals surface area contributed by atoms with Crippen LogP contribution in [0, 0.1) is 0 Å². The molecule has 0 rings (SSSR count). The van der Waals surface area contributed by atoms with E-state index >= 15 is 0 Å². The smallest absolute Gasteiger partial charge is 0.410 e. The summed E-state index contributed by atoms with van der Waals surface area (Å²) >= 11 is 0. The number of carbonyl (C=O) groups is 2. The molecule has 0 saturated heterocycles. The molecule has 0 N–H and O–H groups in total. The lowest BCUT2D eigenvalue weighted by atomic mass is 10.1. The molecule has 1 amide bonds. The van der Waals surface area contributed by atoms with Gasteiger partial charge in [0.15, 0.2) is 0 Å². The van der Waals surface area contributed by atoms with Crippen molar-refractivity contribution in [3.8, 4) is 0 Å². The summed E-state index contributed by atoms with van der Waals surface area (Å²) in [7, 11) is 0. The molecule has 0 aromatic heterocycles. The Kier molecular flexibility index (Phi) is 10.1. The number of hydrogen-bond acceptors (Lipinski definition) is 5. The third-order valence-electron chi connectivity index (χ3n) is 2.92. The van der Waals surface area contributed by atoms with Gasteiger partial charge < -0.3 is 9.64 Å². The van der Waals surface area contributed by atoms with Crippen LogP contribution in [-0.4, -0.2) is 48.1 Å². The summed E-state index contributed by atoms with van der Waals surface area (Å²) in [6.07, 6.45) is 4.79. The van der Waals surface area contributed by atoms with Gasteiger partial charge in [0.2, 0.25) is 6.08 Å². The van der Waals surface area contributed by atoms with Crippen molar-refractivity contribution in [2.24, 2.45) is 4.99 Å². The highest BCUT2D eigenvalue weighted by atomic mass is 16.6. The van der Waals surface area contributed by atoms with Gasteiger partial charge in [-0.05, 0) is 27.2 Å². The monoisotopic (exact) mass is 312 g/mol. The normalized spacial score (nSPS) is 10.7. The molecule has 0 radical (unpaired) electrons. The number of amides is 1. The first-order chi connectivity index (χ1) is 10.3. The summed E-state index contributed by atoms with van der Waals surface area (Å²) < 4.78 is 5.30. The van der Waals surface area contributed by atoms with Crippen molar-refractivity contribution in [2.75, 3.05) is 19.6 Å². The largest absolute Gasteiger partial charge is 0.444 e. The lowest BCUT2D eigenvalue weighted by Crippen LogP contribution is -2.39. The second kappa shape index (κ2) is 11.0. The highest BCUT2D eigenvalue weighted by Crippen LogP contribution is 2.11. The van der Waals surface area contributed by atoms with E-state index in [9.17, 15) is 14.4 Å². The first-order valence-corrected chi connectivity index (χ1v) is 7.83. The van der Waals surface area contributed by atoms with E-state index in [0.717, 1.165) is 19.3 Å². The average Bonchev–Trinajstić information content (AvgIpc) is 2.41. The van der Waals surface area contributed by atoms with Gasteiger partial charge in [-0.15, -0.1) is 0 Å². The number of aliphatic imine (C=N–C) groups is 1. The number of ketones is 1. The number of Topliss-reactive ketones (excluding diaryl/α,β-unsaturated/α-hetero) is 1. The molecule has 6 heteroatoms. The van der Waals surface area contributed by atoms with Gasteiger partial charge in [-0.25, -0.2) is 14.6 Å². The van der Waals surface area contributed by atoms with E-state index < -0.39 is 11.7 Å². The number of nitrogens with zero attached hydrogens (tertiary/aromatic N) is 2. The second-order valence-electron chi connectivity index (χ2n) is 6.19. The van der Waals surface area contributed by atoms with E-state index in [1.807, 2.05) is 0 Å². The predicted molar refractivity (Wildman–Crippen MR) is 84.6 cm³/mol. The molecular formula is C16H28N2O4. The van der Waals surface area contributed by atoms with Crippen LogP contribution >= 0.6 is 0 Å². The van der Waals surface area contributed by atoms with E-state index in [2.05, 4.69) is 11.9 Å². The van der Waals surface area contributed by atoms with Gasteiger partial charge in [-0.3, -0.25) is 4.79 Å². The van der Waals surface area contributed by atoms with E-state index in [0.29, 0.717) is 12.8 Å². The maximum Gasteiger partial charge on any atom is 0.410 e. The quantitative estimate of drug-likeness (QED) is 0.353. The van der Waals surface area contributed by atoms with Gasteiger partial charge in [0.05, 0.1) is 6.54 Å². The third-order valence-corrected chi connectivity index (χ3v) is 2.92. The first-order valence-electron chi connectivity index (χ1n) is 7.83. The van der Waals surface area contributed by atoms with E-state index in [1.165, 1.54) is 11.0 Å².